The third-order valence-corrected chi connectivity index (χ3v) is 1.70. The molecule has 2 nitrogen and oxygen atoms in total. The number of hydrogen-bond acceptors (Lipinski definition) is 1. The van der Waals surface area contributed by atoms with E-state index in [9.17, 15) is 0 Å². The molecule has 0 bridgehead atoms. The lowest BCUT2D eigenvalue weighted by Crippen LogP contribution is -2.03. The van der Waals surface area contributed by atoms with Crippen molar-refractivity contribution in [3.05, 3.63) is 28.8 Å². The first-order valence-electron chi connectivity index (χ1n) is 3.66. The summed E-state index contributed by atoms with van der Waals surface area (Å²) in [6.07, 6.45) is 0. The van der Waals surface area contributed by atoms with Crippen molar-refractivity contribution in [2.45, 2.75) is 13.8 Å². The van der Waals surface area contributed by atoms with Gasteiger partial charge in [-0.15, -0.1) is 0 Å². The van der Waals surface area contributed by atoms with Gasteiger partial charge in [-0.05, 0) is 31.5 Å². The lowest BCUT2D eigenvalue weighted by atomic mass is 10.2. The lowest BCUT2D eigenvalue weighted by Gasteiger charge is -1.99. The first-order valence-corrected chi connectivity index (χ1v) is 4.04. The molecule has 0 aliphatic carbocycles. The van der Waals surface area contributed by atoms with Crippen LogP contribution in [0.15, 0.2) is 23.2 Å². The number of aliphatic imine (C=N–C) groups is 1. The molecule has 2 N–H and O–H groups in total. The van der Waals surface area contributed by atoms with Gasteiger partial charge < -0.3 is 5.73 Å². The van der Waals surface area contributed by atoms with E-state index < -0.39 is 0 Å². The van der Waals surface area contributed by atoms with E-state index >= 15 is 0 Å². The van der Waals surface area contributed by atoms with Crippen LogP contribution in [0, 0.1) is 6.92 Å². The van der Waals surface area contributed by atoms with E-state index in [2.05, 4.69) is 4.99 Å². The van der Waals surface area contributed by atoms with Crippen LogP contribution < -0.4 is 5.73 Å². The monoisotopic (exact) mass is 182 g/mol. The Morgan fingerprint density at radius 1 is 1.50 bits per heavy atom. The van der Waals surface area contributed by atoms with Gasteiger partial charge in [0, 0.05) is 0 Å². The van der Waals surface area contributed by atoms with Gasteiger partial charge in [0.1, 0.15) is 0 Å². The van der Waals surface area contributed by atoms with E-state index in [1.54, 1.807) is 6.92 Å². The maximum absolute atomic E-state index is 5.91. The van der Waals surface area contributed by atoms with Gasteiger partial charge in [0.15, 0.2) is 0 Å². The van der Waals surface area contributed by atoms with Gasteiger partial charge in [-0.2, -0.15) is 0 Å². The number of nitrogens with zero attached hydrogens (tertiary/aromatic N) is 1. The predicted octanol–water partition coefficient (Wildman–Crippen LogP) is 2.66. The van der Waals surface area contributed by atoms with E-state index in [1.165, 1.54) is 0 Å². The molecular formula is C9H11ClN2. The second kappa shape index (κ2) is 3.59. The van der Waals surface area contributed by atoms with Crippen LogP contribution in [0.1, 0.15) is 12.5 Å². The van der Waals surface area contributed by atoms with Crippen molar-refractivity contribution in [1.29, 1.82) is 0 Å². The van der Waals surface area contributed by atoms with Gasteiger partial charge in [0.05, 0.1) is 16.5 Å². The van der Waals surface area contributed by atoms with E-state index in [4.69, 9.17) is 17.3 Å². The Morgan fingerprint density at radius 3 is 2.67 bits per heavy atom. The predicted molar refractivity (Wildman–Crippen MR) is 53.1 cm³/mol. The van der Waals surface area contributed by atoms with Crippen molar-refractivity contribution in [3.8, 4) is 0 Å². The van der Waals surface area contributed by atoms with Gasteiger partial charge in [0.2, 0.25) is 0 Å². The summed E-state index contributed by atoms with van der Waals surface area (Å²) in [5, 5.41) is 0.639. The summed E-state index contributed by atoms with van der Waals surface area (Å²) in [4.78, 5) is 4.06. The third kappa shape index (κ3) is 2.24. The number of nitrogens with two attached hydrogens (primary N) is 1. The molecule has 0 atom stereocenters. The van der Waals surface area contributed by atoms with Gasteiger partial charge in [0.25, 0.3) is 0 Å². The van der Waals surface area contributed by atoms with Crippen LogP contribution in [0.4, 0.5) is 5.69 Å². The molecule has 0 unspecified atom stereocenters. The Hall–Kier alpha value is -1.02. The molecule has 0 spiro atoms. The highest BCUT2D eigenvalue weighted by Gasteiger charge is 1.97. The fourth-order valence-corrected chi connectivity index (χ4v) is 1.17. The fourth-order valence-electron chi connectivity index (χ4n) is 0.893. The molecule has 0 amide bonds. The van der Waals surface area contributed by atoms with Crippen molar-refractivity contribution in [2.75, 3.05) is 0 Å². The maximum atomic E-state index is 5.91. The second-order valence-corrected chi connectivity index (χ2v) is 3.12. The van der Waals surface area contributed by atoms with Crippen molar-refractivity contribution in [1.82, 2.24) is 0 Å². The molecule has 0 aliphatic heterocycles. The summed E-state index contributed by atoms with van der Waals surface area (Å²) in [5.74, 6) is 0.515. The molecule has 12 heavy (non-hydrogen) atoms. The van der Waals surface area contributed by atoms with Crippen LogP contribution in [0.3, 0.4) is 0 Å². The quantitative estimate of drug-likeness (QED) is 0.526. The second-order valence-electron chi connectivity index (χ2n) is 2.71. The molecule has 0 heterocycles. The van der Waals surface area contributed by atoms with Crippen LogP contribution in [-0.4, -0.2) is 5.84 Å². The molecule has 1 aromatic rings. The Kier molecular flexibility index (Phi) is 2.71. The first-order chi connectivity index (χ1) is 5.59. The van der Waals surface area contributed by atoms with Gasteiger partial charge in [-0.3, -0.25) is 0 Å². The lowest BCUT2D eigenvalue weighted by molar-refractivity contribution is 1.41. The Bertz CT molecular complexity index is 314. The number of halogens is 1. The summed E-state index contributed by atoms with van der Waals surface area (Å²) < 4.78 is 0. The Morgan fingerprint density at radius 2 is 2.17 bits per heavy atom. The number of rotatable bonds is 1. The molecule has 64 valence electrons. The highest BCUT2D eigenvalue weighted by molar-refractivity contribution is 6.33. The van der Waals surface area contributed by atoms with Crippen molar-refractivity contribution < 1.29 is 0 Å². The van der Waals surface area contributed by atoms with Crippen LogP contribution in [0.25, 0.3) is 0 Å². The molecule has 0 aliphatic rings. The summed E-state index contributed by atoms with van der Waals surface area (Å²) in [6.45, 7) is 3.71. The minimum atomic E-state index is 0.515. The average Bonchev–Trinajstić information content (AvgIpc) is 1.94. The van der Waals surface area contributed by atoms with Gasteiger partial charge in [-0.1, -0.05) is 17.7 Å². The minimum absolute atomic E-state index is 0.515. The highest BCUT2D eigenvalue weighted by Crippen LogP contribution is 2.25. The Balaban J connectivity index is 3.10. The molecular weight excluding hydrogens is 172 g/mol. The topological polar surface area (TPSA) is 38.4 Å². The third-order valence-electron chi connectivity index (χ3n) is 1.40. The summed E-state index contributed by atoms with van der Waals surface area (Å²) in [5.41, 5.74) is 7.27. The molecule has 0 saturated heterocycles. The smallest absolute Gasteiger partial charge is 0.0965 e. The van der Waals surface area contributed by atoms with Crippen LogP contribution in [0.2, 0.25) is 5.02 Å². The summed E-state index contributed by atoms with van der Waals surface area (Å²) in [6, 6.07) is 5.67. The van der Waals surface area contributed by atoms with E-state index in [0.717, 1.165) is 11.3 Å². The molecule has 0 radical (unpaired) electrons. The highest BCUT2D eigenvalue weighted by atomic mass is 35.5. The number of hydrogen-bond donors (Lipinski definition) is 1. The largest absolute Gasteiger partial charge is 0.387 e. The number of amidine groups is 1. The van der Waals surface area contributed by atoms with Crippen LogP contribution in [0.5, 0.6) is 0 Å². The maximum Gasteiger partial charge on any atom is 0.0965 e. The van der Waals surface area contributed by atoms with E-state index in [-0.39, 0.29) is 0 Å². The zero-order valence-electron chi connectivity index (χ0n) is 7.13. The summed E-state index contributed by atoms with van der Waals surface area (Å²) >= 11 is 5.91. The zero-order chi connectivity index (χ0) is 9.14. The normalized spacial score (nSPS) is 11.8. The molecule has 3 heteroatoms. The van der Waals surface area contributed by atoms with Crippen molar-refractivity contribution >= 4 is 23.1 Å². The van der Waals surface area contributed by atoms with Gasteiger partial charge >= 0.3 is 0 Å². The van der Waals surface area contributed by atoms with E-state index in [1.807, 2.05) is 25.1 Å². The van der Waals surface area contributed by atoms with Crippen LogP contribution in [-0.2, 0) is 0 Å². The van der Waals surface area contributed by atoms with Crippen LogP contribution >= 0.6 is 11.6 Å². The first kappa shape index (κ1) is 9.07. The average molecular weight is 183 g/mol. The summed E-state index contributed by atoms with van der Waals surface area (Å²) in [7, 11) is 0. The SMILES string of the molecule is CC(N)=Nc1ccc(C)cc1Cl. The molecule has 1 aromatic carbocycles. The fraction of sp³-hybridized carbons (Fsp3) is 0.222. The standard InChI is InChI=1S/C9H11ClN2/c1-6-3-4-9(8(10)5-6)12-7(2)11/h3-5H,1-2H3,(H2,11,12). The minimum Gasteiger partial charge on any atom is -0.387 e. The molecule has 0 aromatic heterocycles. The van der Waals surface area contributed by atoms with Gasteiger partial charge in [-0.25, -0.2) is 4.99 Å². The Labute approximate surface area is 77.1 Å². The number of benzene rings is 1. The number of aryl methyl sites for hydroxylation is 1. The zero-order valence-corrected chi connectivity index (χ0v) is 7.89. The molecule has 1 rings (SSSR count). The van der Waals surface area contributed by atoms with Crippen molar-refractivity contribution in [3.63, 3.8) is 0 Å². The van der Waals surface area contributed by atoms with Crippen molar-refractivity contribution in [2.24, 2.45) is 10.7 Å². The molecule has 0 saturated carbocycles. The molecule has 0 fully saturated rings. The van der Waals surface area contributed by atoms with E-state index in [0.29, 0.717) is 10.9 Å².